The van der Waals surface area contributed by atoms with Crippen LogP contribution in [0.1, 0.15) is 23.0 Å². The van der Waals surface area contributed by atoms with Gasteiger partial charge in [0.2, 0.25) is 0 Å². The van der Waals surface area contributed by atoms with Gasteiger partial charge < -0.3 is 15.8 Å². The molecular formula is C9H10N4O4. The van der Waals surface area contributed by atoms with Crippen molar-refractivity contribution in [2.75, 3.05) is 0 Å². The number of amides is 2. The van der Waals surface area contributed by atoms with Crippen LogP contribution in [0.3, 0.4) is 0 Å². The molecule has 0 fully saturated rings. The number of aromatic carboxylic acids is 1. The van der Waals surface area contributed by atoms with Gasteiger partial charge in [0, 0.05) is 0 Å². The number of hydrogen-bond acceptors (Lipinski definition) is 4. The number of pyridine rings is 1. The van der Waals surface area contributed by atoms with E-state index in [0.29, 0.717) is 0 Å². The topological polar surface area (TPSA) is 138 Å². The number of primary amides is 1. The van der Waals surface area contributed by atoms with E-state index in [9.17, 15) is 14.4 Å². The van der Waals surface area contributed by atoms with Gasteiger partial charge in [0.15, 0.2) is 0 Å². The number of nitrogens with one attached hydrogen (secondary N) is 2. The highest BCUT2D eigenvalue weighted by atomic mass is 16.4. The van der Waals surface area contributed by atoms with Gasteiger partial charge in [-0.15, -0.1) is 0 Å². The summed E-state index contributed by atoms with van der Waals surface area (Å²) in [6.45, 7) is 1.52. The standard InChI is InChI=1S/C9H10N4O4/c1-4(12-13-9(10)17)6-3-2-5(8(15)16)7(14)11-6/h2-3H,1H3,(H,11,14)(H,15,16)(H3,10,13,17)/b12-4-. The van der Waals surface area contributed by atoms with Crippen molar-refractivity contribution >= 4 is 17.7 Å². The summed E-state index contributed by atoms with van der Waals surface area (Å²) in [6.07, 6.45) is 0. The van der Waals surface area contributed by atoms with E-state index in [2.05, 4.69) is 10.1 Å². The molecule has 8 nitrogen and oxygen atoms in total. The van der Waals surface area contributed by atoms with Crippen LogP contribution in [0.5, 0.6) is 0 Å². The molecule has 1 aromatic rings. The first kappa shape index (κ1) is 12.4. The molecule has 0 unspecified atom stereocenters. The van der Waals surface area contributed by atoms with Gasteiger partial charge in [0.05, 0.1) is 11.4 Å². The second-order valence-electron chi connectivity index (χ2n) is 3.09. The van der Waals surface area contributed by atoms with Gasteiger partial charge in [-0.25, -0.2) is 15.0 Å². The lowest BCUT2D eigenvalue weighted by molar-refractivity contribution is 0.0695. The maximum atomic E-state index is 11.3. The molecule has 17 heavy (non-hydrogen) atoms. The molecule has 8 heteroatoms. The van der Waals surface area contributed by atoms with Crippen LogP contribution in [0.25, 0.3) is 0 Å². The average Bonchev–Trinajstić information content (AvgIpc) is 2.25. The molecule has 0 aliphatic carbocycles. The second kappa shape index (κ2) is 4.92. The van der Waals surface area contributed by atoms with Crippen LogP contribution in [-0.4, -0.2) is 27.8 Å². The first-order chi connectivity index (χ1) is 7.91. The van der Waals surface area contributed by atoms with Crippen LogP contribution in [0, 0.1) is 0 Å². The highest BCUT2D eigenvalue weighted by Gasteiger charge is 2.09. The smallest absolute Gasteiger partial charge is 0.341 e. The maximum Gasteiger partial charge on any atom is 0.341 e. The molecule has 0 aliphatic rings. The monoisotopic (exact) mass is 238 g/mol. The molecule has 1 heterocycles. The number of H-pyrrole nitrogens is 1. The zero-order chi connectivity index (χ0) is 13.0. The van der Waals surface area contributed by atoms with Crippen molar-refractivity contribution < 1.29 is 14.7 Å². The van der Waals surface area contributed by atoms with Crippen LogP contribution in [-0.2, 0) is 0 Å². The van der Waals surface area contributed by atoms with E-state index in [4.69, 9.17) is 10.8 Å². The van der Waals surface area contributed by atoms with E-state index < -0.39 is 17.6 Å². The number of nitrogens with zero attached hydrogens (tertiary/aromatic N) is 1. The Morgan fingerprint density at radius 2 is 2.12 bits per heavy atom. The summed E-state index contributed by atoms with van der Waals surface area (Å²) in [5.74, 6) is -1.32. The molecule has 0 saturated heterocycles. The summed E-state index contributed by atoms with van der Waals surface area (Å²) in [7, 11) is 0. The van der Waals surface area contributed by atoms with E-state index >= 15 is 0 Å². The molecule has 1 aromatic heterocycles. The summed E-state index contributed by atoms with van der Waals surface area (Å²) in [5, 5.41) is 12.2. The molecule has 0 aliphatic heterocycles. The van der Waals surface area contributed by atoms with E-state index in [1.807, 2.05) is 5.43 Å². The normalized spacial score (nSPS) is 11.0. The van der Waals surface area contributed by atoms with Crippen molar-refractivity contribution in [3.63, 3.8) is 0 Å². The highest BCUT2D eigenvalue weighted by Crippen LogP contribution is 1.97. The van der Waals surface area contributed by atoms with Crippen molar-refractivity contribution in [3.8, 4) is 0 Å². The van der Waals surface area contributed by atoms with Crippen molar-refractivity contribution in [1.29, 1.82) is 0 Å². The van der Waals surface area contributed by atoms with Gasteiger partial charge >= 0.3 is 12.0 Å². The number of carboxylic acid groups (broad SMARTS) is 1. The fourth-order valence-electron chi connectivity index (χ4n) is 1.05. The number of aromatic nitrogens is 1. The van der Waals surface area contributed by atoms with Crippen LogP contribution in [0.4, 0.5) is 4.79 Å². The Morgan fingerprint density at radius 3 is 2.59 bits per heavy atom. The van der Waals surface area contributed by atoms with Crippen LogP contribution in [0.2, 0.25) is 0 Å². The van der Waals surface area contributed by atoms with E-state index in [1.165, 1.54) is 13.0 Å². The Bertz CT molecular complexity index is 546. The molecule has 0 radical (unpaired) electrons. The number of hydrazone groups is 1. The fraction of sp³-hybridized carbons (Fsp3) is 0.111. The zero-order valence-corrected chi connectivity index (χ0v) is 8.85. The highest BCUT2D eigenvalue weighted by molar-refractivity contribution is 5.98. The Labute approximate surface area is 95.1 Å². The second-order valence-corrected chi connectivity index (χ2v) is 3.09. The van der Waals surface area contributed by atoms with Crippen molar-refractivity contribution in [1.82, 2.24) is 10.4 Å². The van der Waals surface area contributed by atoms with Crippen LogP contribution in [0.15, 0.2) is 22.0 Å². The van der Waals surface area contributed by atoms with Gasteiger partial charge in [-0.2, -0.15) is 5.10 Å². The van der Waals surface area contributed by atoms with Gasteiger partial charge in [-0.05, 0) is 19.1 Å². The number of carboxylic acids is 1. The predicted octanol–water partition coefficient (Wildman–Crippen LogP) is -0.535. The first-order valence-electron chi connectivity index (χ1n) is 4.48. The minimum atomic E-state index is -1.32. The predicted molar refractivity (Wildman–Crippen MR) is 59.0 cm³/mol. The molecule has 5 N–H and O–H groups in total. The van der Waals surface area contributed by atoms with E-state index in [-0.39, 0.29) is 17.0 Å². The molecule has 0 atom stereocenters. The van der Waals surface area contributed by atoms with Crippen molar-refractivity contribution in [2.24, 2.45) is 10.8 Å². The summed E-state index contributed by atoms with van der Waals surface area (Å²) in [4.78, 5) is 34.6. The number of nitrogens with two attached hydrogens (primary N) is 1. The molecule has 90 valence electrons. The quantitative estimate of drug-likeness (QED) is 0.415. The lowest BCUT2D eigenvalue weighted by Crippen LogP contribution is -2.26. The molecule has 0 spiro atoms. The van der Waals surface area contributed by atoms with Crippen molar-refractivity contribution in [2.45, 2.75) is 6.92 Å². The van der Waals surface area contributed by atoms with E-state index in [1.54, 1.807) is 0 Å². The molecular weight excluding hydrogens is 228 g/mol. The Hall–Kier alpha value is -2.64. The molecule has 0 aromatic carbocycles. The number of aromatic amines is 1. The maximum absolute atomic E-state index is 11.3. The molecule has 0 saturated carbocycles. The average molecular weight is 238 g/mol. The fourth-order valence-corrected chi connectivity index (χ4v) is 1.05. The third-order valence-corrected chi connectivity index (χ3v) is 1.86. The van der Waals surface area contributed by atoms with Gasteiger partial charge in [-0.1, -0.05) is 0 Å². The van der Waals surface area contributed by atoms with Crippen LogP contribution < -0.4 is 16.7 Å². The summed E-state index contributed by atoms with van der Waals surface area (Å²) < 4.78 is 0. The lowest BCUT2D eigenvalue weighted by atomic mass is 10.2. The Kier molecular flexibility index (Phi) is 3.60. The van der Waals surface area contributed by atoms with Gasteiger partial charge in [0.25, 0.3) is 5.56 Å². The Balaban J connectivity index is 3.06. The third kappa shape index (κ3) is 3.16. The number of carbonyl (C=O) groups is 2. The van der Waals surface area contributed by atoms with E-state index in [0.717, 1.165) is 6.07 Å². The number of rotatable bonds is 3. The third-order valence-electron chi connectivity index (χ3n) is 1.86. The summed E-state index contributed by atoms with van der Waals surface area (Å²) >= 11 is 0. The van der Waals surface area contributed by atoms with Crippen LogP contribution >= 0.6 is 0 Å². The molecule has 1 rings (SSSR count). The SMILES string of the molecule is C/C(=N/NC(N)=O)c1ccc(C(=O)O)c(=O)[nH]1. The summed E-state index contributed by atoms with van der Waals surface area (Å²) in [5.41, 5.74) is 6.25. The van der Waals surface area contributed by atoms with Gasteiger partial charge in [0.1, 0.15) is 5.56 Å². The van der Waals surface area contributed by atoms with Gasteiger partial charge in [-0.3, -0.25) is 4.79 Å². The number of hydrogen-bond donors (Lipinski definition) is 4. The largest absolute Gasteiger partial charge is 0.477 e. The Morgan fingerprint density at radius 1 is 1.47 bits per heavy atom. The minimum Gasteiger partial charge on any atom is -0.477 e. The lowest BCUT2D eigenvalue weighted by Gasteiger charge is -2.01. The zero-order valence-electron chi connectivity index (χ0n) is 8.85. The molecule has 0 bridgehead atoms. The van der Waals surface area contributed by atoms with Crippen molar-refractivity contribution in [3.05, 3.63) is 33.7 Å². The molecule has 2 amide bonds. The first-order valence-corrected chi connectivity index (χ1v) is 4.48. The number of urea groups is 1. The number of carbonyl (C=O) groups excluding carboxylic acids is 1. The minimum absolute atomic E-state index is 0.286. The summed E-state index contributed by atoms with van der Waals surface area (Å²) in [6, 6.07) is 1.68.